The van der Waals surface area contributed by atoms with Crippen LogP contribution in [0, 0.1) is 6.92 Å². The van der Waals surface area contributed by atoms with E-state index in [0.29, 0.717) is 13.2 Å². The molecule has 2 heterocycles. The van der Waals surface area contributed by atoms with Gasteiger partial charge >= 0.3 is 0 Å². The lowest BCUT2D eigenvalue weighted by Crippen LogP contribution is -2.49. The van der Waals surface area contributed by atoms with E-state index >= 15 is 0 Å². The Labute approximate surface area is 131 Å². The molecule has 0 bridgehead atoms. The first kappa shape index (κ1) is 15.3. The maximum absolute atomic E-state index is 12.6. The molecule has 22 heavy (non-hydrogen) atoms. The van der Waals surface area contributed by atoms with E-state index in [2.05, 4.69) is 19.1 Å². The minimum absolute atomic E-state index is 0.0466. The van der Waals surface area contributed by atoms with Crippen molar-refractivity contribution in [2.75, 3.05) is 19.8 Å². The lowest BCUT2D eigenvalue weighted by molar-refractivity contribution is -0.145. The van der Waals surface area contributed by atoms with Gasteiger partial charge in [-0.15, -0.1) is 0 Å². The molecule has 2 aliphatic heterocycles. The molecule has 4 heteroatoms. The second kappa shape index (κ2) is 7.07. The van der Waals surface area contributed by atoms with Gasteiger partial charge in [-0.3, -0.25) is 4.79 Å². The summed E-state index contributed by atoms with van der Waals surface area (Å²) in [6.45, 7) is 4.09. The summed E-state index contributed by atoms with van der Waals surface area (Å²) in [5, 5.41) is 0. The number of nitrogens with zero attached hydrogens (tertiary/aromatic N) is 1. The monoisotopic (exact) mass is 301 g/mol. The predicted molar refractivity (Wildman–Crippen MR) is 85.3 cm³/mol. The van der Waals surface area contributed by atoms with Crippen molar-refractivity contribution in [3.05, 3.63) is 41.5 Å². The molecule has 1 unspecified atom stereocenters. The van der Waals surface area contributed by atoms with E-state index in [4.69, 9.17) is 9.47 Å². The molecular weight excluding hydrogens is 278 g/mol. The maximum Gasteiger partial charge on any atom is 0.246 e. The van der Waals surface area contributed by atoms with Crippen LogP contribution in [-0.4, -0.2) is 42.9 Å². The van der Waals surface area contributed by atoms with Crippen LogP contribution in [0.3, 0.4) is 0 Å². The Morgan fingerprint density at radius 1 is 1.27 bits per heavy atom. The van der Waals surface area contributed by atoms with Gasteiger partial charge in [-0.25, -0.2) is 0 Å². The summed E-state index contributed by atoms with van der Waals surface area (Å²) in [6.07, 6.45) is 6.43. The number of hydrogen-bond acceptors (Lipinski definition) is 3. The zero-order valence-corrected chi connectivity index (χ0v) is 13.0. The Hall–Kier alpha value is -1.65. The highest BCUT2D eigenvalue weighted by atomic mass is 16.7. The van der Waals surface area contributed by atoms with Crippen LogP contribution in [-0.2, 0) is 14.3 Å². The second-order valence-electron chi connectivity index (χ2n) is 5.95. The zero-order chi connectivity index (χ0) is 15.4. The Kier molecular flexibility index (Phi) is 4.90. The van der Waals surface area contributed by atoms with Crippen LogP contribution in [0.5, 0.6) is 0 Å². The van der Waals surface area contributed by atoms with Crippen LogP contribution in [0.1, 0.15) is 30.4 Å². The number of ether oxygens (including phenoxy) is 2. The number of carbonyl (C=O) groups excluding carboxylic acids is 1. The van der Waals surface area contributed by atoms with Crippen molar-refractivity contribution < 1.29 is 14.3 Å². The summed E-state index contributed by atoms with van der Waals surface area (Å²) in [6, 6.07) is 8.18. The molecule has 1 aromatic carbocycles. The summed E-state index contributed by atoms with van der Waals surface area (Å²) in [5.74, 6) is 0.0466. The fourth-order valence-electron chi connectivity index (χ4n) is 3.15. The topological polar surface area (TPSA) is 38.8 Å². The van der Waals surface area contributed by atoms with Crippen LogP contribution in [0.25, 0.3) is 6.08 Å². The van der Waals surface area contributed by atoms with Gasteiger partial charge < -0.3 is 14.4 Å². The van der Waals surface area contributed by atoms with E-state index < -0.39 is 0 Å². The van der Waals surface area contributed by atoms with Gasteiger partial charge in [0.2, 0.25) is 5.91 Å². The van der Waals surface area contributed by atoms with E-state index in [1.165, 1.54) is 5.56 Å². The Morgan fingerprint density at radius 2 is 2.09 bits per heavy atom. The van der Waals surface area contributed by atoms with Gasteiger partial charge in [0.1, 0.15) is 0 Å². The lowest BCUT2D eigenvalue weighted by atomic mass is 10.0. The van der Waals surface area contributed by atoms with Gasteiger partial charge in [0, 0.05) is 12.6 Å². The second-order valence-corrected chi connectivity index (χ2v) is 5.95. The highest BCUT2D eigenvalue weighted by Gasteiger charge is 2.35. The molecule has 1 atom stereocenters. The van der Waals surface area contributed by atoms with E-state index in [9.17, 15) is 4.79 Å². The van der Waals surface area contributed by atoms with Crippen molar-refractivity contribution in [2.24, 2.45) is 0 Å². The number of amides is 1. The summed E-state index contributed by atoms with van der Waals surface area (Å²) in [4.78, 5) is 14.5. The van der Waals surface area contributed by atoms with E-state index in [-0.39, 0.29) is 18.2 Å². The Bertz CT molecular complexity index is 549. The molecule has 0 saturated carbocycles. The molecule has 2 fully saturated rings. The number of hydrogen-bond donors (Lipinski definition) is 0. The number of carbonyl (C=O) groups is 1. The average molecular weight is 301 g/mol. The molecule has 0 N–H and O–H groups in total. The highest BCUT2D eigenvalue weighted by molar-refractivity contribution is 5.92. The van der Waals surface area contributed by atoms with Crippen LogP contribution in [0.4, 0.5) is 0 Å². The Morgan fingerprint density at radius 3 is 2.86 bits per heavy atom. The van der Waals surface area contributed by atoms with Crippen LogP contribution >= 0.6 is 0 Å². The third kappa shape index (κ3) is 3.57. The van der Waals surface area contributed by atoms with Crippen molar-refractivity contribution in [3.63, 3.8) is 0 Å². The summed E-state index contributed by atoms with van der Waals surface area (Å²) in [7, 11) is 0. The maximum atomic E-state index is 12.6. The number of rotatable bonds is 3. The summed E-state index contributed by atoms with van der Waals surface area (Å²) >= 11 is 0. The fraction of sp³-hybridized carbons (Fsp3) is 0.500. The number of aryl methyl sites for hydroxylation is 1. The van der Waals surface area contributed by atoms with Gasteiger partial charge in [0.15, 0.2) is 6.29 Å². The third-order valence-corrected chi connectivity index (χ3v) is 4.25. The lowest BCUT2D eigenvalue weighted by Gasteiger charge is -2.37. The first-order valence-electron chi connectivity index (χ1n) is 8.02. The van der Waals surface area contributed by atoms with Gasteiger partial charge in [0.05, 0.1) is 19.3 Å². The normalized spacial score (nSPS) is 23.3. The summed E-state index contributed by atoms with van der Waals surface area (Å²) in [5.41, 5.74) is 2.24. The van der Waals surface area contributed by atoms with Gasteiger partial charge in [-0.05, 0) is 37.8 Å². The van der Waals surface area contributed by atoms with Gasteiger partial charge in [-0.1, -0.05) is 29.8 Å². The molecule has 4 nitrogen and oxygen atoms in total. The molecule has 2 aliphatic rings. The molecule has 0 aliphatic carbocycles. The van der Waals surface area contributed by atoms with Gasteiger partial charge in [0.25, 0.3) is 0 Å². The molecule has 0 spiro atoms. The largest absolute Gasteiger partial charge is 0.348 e. The highest BCUT2D eigenvalue weighted by Crippen LogP contribution is 2.24. The van der Waals surface area contributed by atoms with Gasteiger partial charge in [-0.2, -0.15) is 0 Å². The predicted octanol–water partition coefficient (Wildman–Crippen LogP) is 2.76. The van der Waals surface area contributed by atoms with Crippen molar-refractivity contribution in [3.8, 4) is 0 Å². The summed E-state index contributed by atoms with van der Waals surface area (Å²) < 4.78 is 11.2. The standard InChI is InChI=1S/C18H23NO3/c1-14-5-4-6-15(13-14)8-9-17(20)19-10-3-2-7-16(19)18-21-11-12-22-18/h4-6,8-9,13,16,18H,2-3,7,10-12H2,1H3/b9-8+. The first-order valence-corrected chi connectivity index (χ1v) is 8.02. The van der Waals surface area contributed by atoms with Crippen molar-refractivity contribution >= 4 is 12.0 Å². The van der Waals surface area contributed by atoms with Crippen molar-refractivity contribution in [2.45, 2.75) is 38.5 Å². The smallest absolute Gasteiger partial charge is 0.246 e. The van der Waals surface area contributed by atoms with E-state index in [0.717, 1.165) is 31.4 Å². The quantitative estimate of drug-likeness (QED) is 0.806. The minimum Gasteiger partial charge on any atom is -0.348 e. The van der Waals surface area contributed by atoms with Crippen LogP contribution in [0.15, 0.2) is 30.3 Å². The van der Waals surface area contributed by atoms with Crippen molar-refractivity contribution in [1.29, 1.82) is 0 Å². The van der Waals surface area contributed by atoms with E-state index in [1.807, 2.05) is 23.1 Å². The molecular formula is C18H23NO3. The molecule has 3 rings (SSSR count). The molecule has 2 saturated heterocycles. The number of piperidine rings is 1. The Balaban J connectivity index is 1.68. The molecule has 118 valence electrons. The number of benzene rings is 1. The van der Waals surface area contributed by atoms with E-state index in [1.54, 1.807) is 6.08 Å². The average Bonchev–Trinajstić information content (AvgIpc) is 3.07. The SMILES string of the molecule is Cc1cccc(/C=C/C(=O)N2CCCCC2C2OCCO2)c1. The third-order valence-electron chi connectivity index (χ3n) is 4.25. The first-order chi connectivity index (χ1) is 10.7. The molecule has 1 aromatic rings. The van der Waals surface area contributed by atoms with Crippen LogP contribution < -0.4 is 0 Å². The fourth-order valence-corrected chi connectivity index (χ4v) is 3.15. The molecule has 0 radical (unpaired) electrons. The zero-order valence-electron chi connectivity index (χ0n) is 13.0. The minimum atomic E-state index is -0.253. The van der Waals surface area contributed by atoms with Crippen molar-refractivity contribution in [1.82, 2.24) is 4.90 Å². The molecule has 1 amide bonds. The number of likely N-dealkylation sites (tertiary alicyclic amines) is 1. The molecule has 0 aromatic heterocycles. The van der Waals surface area contributed by atoms with Crippen LogP contribution in [0.2, 0.25) is 0 Å².